The molecule has 0 aliphatic rings. The number of amides is 1. The lowest BCUT2D eigenvalue weighted by atomic mass is 10.1. The number of carbonyl (C=O) groups excluding carboxylic acids is 1. The zero-order valence-corrected chi connectivity index (χ0v) is 13.1. The first-order valence-corrected chi connectivity index (χ1v) is 7.17. The highest BCUT2D eigenvalue weighted by Crippen LogP contribution is 2.21. The second-order valence-corrected chi connectivity index (χ2v) is 5.07. The van der Waals surface area contributed by atoms with E-state index in [2.05, 4.69) is 5.32 Å². The van der Waals surface area contributed by atoms with E-state index in [4.69, 9.17) is 9.47 Å². The van der Waals surface area contributed by atoms with E-state index in [1.807, 2.05) is 37.3 Å². The molecule has 4 heteroatoms. The molecule has 0 spiro atoms. The first-order chi connectivity index (χ1) is 10.7. The van der Waals surface area contributed by atoms with Gasteiger partial charge >= 0.3 is 0 Å². The third kappa shape index (κ3) is 3.86. The van der Waals surface area contributed by atoms with E-state index in [1.54, 1.807) is 32.4 Å². The van der Waals surface area contributed by atoms with E-state index in [-0.39, 0.29) is 11.9 Å². The first-order valence-electron chi connectivity index (χ1n) is 7.17. The summed E-state index contributed by atoms with van der Waals surface area (Å²) in [7, 11) is 3.22. The maximum absolute atomic E-state index is 12.4. The zero-order chi connectivity index (χ0) is 15.9. The van der Waals surface area contributed by atoms with Gasteiger partial charge in [0.15, 0.2) is 0 Å². The summed E-state index contributed by atoms with van der Waals surface area (Å²) in [4.78, 5) is 12.4. The van der Waals surface area contributed by atoms with E-state index >= 15 is 0 Å². The van der Waals surface area contributed by atoms with Crippen LogP contribution >= 0.6 is 0 Å². The van der Waals surface area contributed by atoms with E-state index in [1.165, 1.54) is 0 Å². The Balaban J connectivity index is 2.14. The highest BCUT2D eigenvalue weighted by Gasteiger charge is 2.13. The third-order valence-electron chi connectivity index (χ3n) is 3.49. The van der Waals surface area contributed by atoms with Crippen LogP contribution < -0.4 is 10.1 Å². The van der Waals surface area contributed by atoms with Gasteiger partial charge in [-0.05, 0) is 30.7 Å². The fourth-order valence-electron chi connectivity index (χ4n) is 2.29. The summed E-state index contributed by atoms with van der Waals surface area (Å²) in [5, 5.41) is 3.00. The van der Waals surface area contributed by atoms with Gasteiger partial charge in [-0.3, -0.25) is 4.79 Å². The average molecular weight is 299 g/mol. The fraction of sp³-hybridized carbons (Fsp3) is 0.278. The molecule has 22 heavy (non-hydrogen) atoms. The largest absolute Gasteiger partial charge is 0.496 e. The van der Waals surface area contributed by atoms with Gasteiger partial charge in [-0.1, -0.05) is 30.3 Å². The molecular formula is C18H21NO3. The Morgan fingerprint density at radius 2 is 1.86 bits per heavy atom. The van der Waals surface area contributed by atoms with Crippen LogP contribution in [0.4, 0.5) is 0 Å². The molecule has 0 saturated carbocycles. The Kier molecular flexibility index (Phi) is 5.55. The summed E-state index contributed by atoms with van der Waals surface area (Å²) >= 11 is 0. The average Bonchev–Trinajstić information content (AvgIpc) is 2.55. The molecule has 0 radical (unpaired) electrons. The zero-order valence-electron chi connectivity index (χ0n) is 13.1. The van der Waals surface area contributed by atoms with Crippen LogP contribution in [0.2, 0.25) is 0 Å². The van der Waals surface area contributed by atoms with Crippen LogP contribution in [0.1, 0.15) is 34.5 Å². The van der Waals surface area contributed by atoms with Crippen LogP contribution in [0.3, 0.4) is 0 Å². The van der Waals surface area contributed by atoms with Gasteiger partial charge in [-0.2, -0.15) is 0 Å². The third-order valence-corrected chi connectivity index (χ3v) is 3.49. The summed E-state index contributed by atoms with van der Waals surface area (Å²) in [5.74, 6) is 0.603. The number of hydrogen-bond donors (Lipinski definition) is 1. The van der Waals surface area contributed by atoms with Gasteiger partial charge in [0, 0.05) is 18.2 Å². The van der Waals surface area contributed by atoms with Crippen molar-refractivity contribution in [1.29, 1.82) is 0 Å². The molecule has 4 nitrogen and oxygen atoms in total. The van der Waals surface area contributed by atoms with Gasteiger partial charge < -0.3 is 14.8 Å². The van der Waals surface area contributed by atoms with Gasteiger partial charge in [0.25, 0.3) is 5.91 Å². The van der Waals surface area contributed by atoms with Gasteiger partial charge in [0.2, 0.25) is 0 Å². The predicted octanol–water partition coefficient (Wildman–Crippen LogP) is 3.33. The molecule has 0 fully saturated rings. The molecule has 2 rings (SSSR count). The molecule has 1 unspecified atom stereocenters. The van der Waals surface area contributed by atoms with E-state index in [0.29, 0.717) is 12.2 Å². The highest BCUT2D eigenvalue weighted by atomic mass is 16.5. The van der Waals surface area contributed by atoms with Crippen LogP contribution in [-0.2, 0) is 11.3 Å². The molecule has 0 saturated heterocycles. The lowest BCUT2D eigenvalue weighted by Gasteiger charge is -2.15. The normalized spacial score (nSPS) is 11.8. The summed E-state index contributed by atoms with van der Waals surface area (Å²) in [6.45, 7) is 2.37. The second kappa shape index (κ2) is 7.61. The number of ether oxygens (including phenoxy) is 2. The highest BCUT2D eigenvalue weighted by molar-refractivity contribution is 5.94. The standard InChI is InChI=1S/C18H21NO3/c1-13(14-7-5-4-6-8-14)19-18(20)15-9-10-17(22-3)16(11-15)12-21-2/h4-11,13H,12H2,1-3H3,(H,19,20). The van der Waals surface area contributed by atoms with Gasteiger partial charge in [0.1, 0.15) is 5.75 Å². The van der Waals surface area contributed by atoms with Crippen LogP contribution in [0.5, 0.6) is 5.75 Å². The van der Waals surface area contributed by atoms with E-state index in [9.17, 15) is 4.79 Å². The molecule has 2 aromatic carbocycles. The van der Waals surface area contributed by atoms with Crippen LogP contribution in [0.25, 0.3) is 0 Å². The monoisotopic (exact) mass is 299 g/mol. The van der Waals surface area contributed by atoms with Crippen molar-refractivity contribution >= 4 is 5.91 Å². The maximum atomic E-state index is 12.4. The number of nitrogens with one attached hydrogen (secondary N) is 1. The number of methoxy groups -OCH3 is 2. The molecule has 1 atom stereocenters. The minimum Gasteiger partial charge on any atom is -0.496 e. The van der Waals surface area contributed by atoms with Crippen LogP contribution in [0.15, 0.2) is 48.5 Å². The lowest BCUT2D eigenvalue weighted by molar-refractivity contribution is 0.0939. The topological polar surface area (TPSA) is 47.6 Å². The molecule has 1 N–H and O–H groups in total. The predicted molar refractivity (Wildman–Crippen MR) is 86.0 cm³/mol. The first kappa shape index (κ1) is 16.0. The van der Waals surface area contributed by atoms with Crippen molar-refractivity contribution in [3.8, 4) is 5.75 Å². The number of benzene rings is 2. The molecule has 0 aliphatic carbocycles. The van der Waals surface area contributed by atoms with Crippen molar-refractivity contribution in [1.82, 2.24) is 5.32 Å². The number of rotatable bonds is 6. The van der Waals surface area contributed by atoms with Crippen molar-refractivity contribution in [3.05, 3.63) is 65.2 Å². The van der Waals surface area contributed by atoms with E-state index < -0.39 is 0 Å². The van der Waals surface area contributed by atoms with Crippen LogP contribution in [0, 0.1) is 0 Å². The van der Waals surface area contributed by atoms with E-state index in [0.717, 1.165) is 16.9 Å². The van der Waals surface area contributed by atoms with Gasteiger partial charge in [-0.15, -0.1) is 0 Å². The van der Waals surface area contributed by atoms with Gasteiger partial charge in [-0.25, -0.2) is 0 Å². The van der Waals surface area contributed by atoms with Crippen LogP contribution in [-0.4, -0.2) is 20.1 Å². The molecule has 0 aromatic heterocycles. The summed E-state index contributed by atoms with van der Waals surface area (Å²) in [6, 6.07) is 15.2. The Labute approximate surface area is 131 Å². The molecule has 116 valence electrons. The smallest absolute Gasteiger partial charge is 0.251 e. The molecular weight excluding hydrogens is 278 g/mol. The number of carbonyl (C=O) groups is 1. The maximum Gasteiger partial charge on any atom is 0.251 e. The Bertz CT molecular complexity index is 625. The molecule has 1 amide bonds. The van der Waals surface area contributed by atoms with Crippen molar-refractivity contribution in [2.45, 2.75) is 19.6 Å². The Morgan fingerprint density at radius 1 is 1.14 bits per heavy atom. The molecule has 0 heterocycles. The van der Waals surface area contributed by atoms with Crippen molar-refractivity contribution < 1.29 is 14.3 Å². The second-order valence-electron chi connectivity index (χ2n) is 5.07. The Hall–Kier alpha value is -2.33. The summed E-state index contributed by atoms with van der Waals surface area (Å²) in [6.07, 6.45) is 0. The van der Waals surface area contributed by atoms with Gasteiger partial charge in [0.05, 0.1) is 19.8 Å². The number of hydrogen-bond acceptors (Lipinski definition) is 3. The fourth-order valence-corrected chi connectivity index (χ4v) is 2.29. The van der Waals surface area contributed by atoms with Crippen molar-refractivity contribution in [2.24, 2.45) is 0 Å². The summed E-state index contributed by atoms with van der Waals surface area (Å²) in [5.41, 5.74) is 2.52. The summed E-state index contributed by atoms with van der Waals surface area (Å²) < 4.78 is 10.4. The SMILES string of the molecule is COCc1cc(C(=O)NC(C)c2ccccc2)ccc1OC. The minimum atomic E-state index is -0.114. The molecule has 2 aromatic rings. The quantitative estimate of drug-likeness (QED) is 0.890. The lowest BCUT2D eigenvalue weighted by Crippen LogP contribution is -2.26. The minimum absolute atomic E-state index is 0.0540. The molecule has 0 bridgehead atoms. The molecule has 0 aliphatic heterocycles. The van der Waals surface area contributed by atoms with Crippen molar-refractivity contribution in [3.63, 3.8) is 0 Å². The van der Waals surface area contributed by atoms with Crippen molar-refractivity contribution in [2.75, 3.05) is 14.2 Å². The Morgan fingerprint density at radius 3 is 2.50 bits per heavy atom.